The van der Waals surface area contributed by atoms with Gasteiger partial charge in [0.2, 0.25) is 11.1 Å². The Kier molecular flexibility index (Phi) is 4.25. The Bertz CT molecular complexity index is 640. The number of rotatable bonds is 5. The van der Waals surface area contributed by atoms with Crippen LogP contribution in [0.5, 0.6) is 0 Å². The smallest absolute Gasteiger partial charge is 0.301 e. The second kappa shape index (κ2) is 6.10. The molecule has 0 radical (unpaired) electrons. The van der Waals surface area contributed by atoms with Crippen LogP contribution in [0, 0.1) is 10.1 Å². The monoisotopic (exact) mass is 293 g/mol. The third-order valence-corrected chi connectivity index (χ3v) is 2.87. The van der Waals surface area contributed by atoms with Gasteiger partial charge in [-0.3, -0.25) is 10.1 Å². The molecule has 0 amide bonds. The molecule has 0 aliphatic carbocycles. The number of nitro groups is 1. The minimum absolute atomic E-state index is 0.0827. The molecule has 0 bridgehead atoms. The SMILES string of the molecule is CN(C)C=Nc1nc(Sc2ncccc2[N+](=O)[O-])n[nH]1. The number of nitrogens with one attached hydrogen (secondary N) is 1. The third-order valence-electron chi connectivity index (χ3n) is 2.00. The Morgan fingerprint density at radius 1 is 1.55 bits per heavy atom. The predicted molar refractivity (Wildman–Crippen MR) is 73.2 cm³/mol. The summed E-state index contributed by atoms with van der Waals surface area (Å²) in [6.07, 6.45) is 3.05. The number of pyridine rings is 1. The lowest BCUT2D eigenvalue weighted by atomic mass is 10.4. The molecule has 0 atom stereocenters. The van der Waals surface area contributed by atoms with Gasteiger partial charge in [0.15, 0.2) is 5.03 Å². The summed E-state index contributed by atoms with van der Waals surface area (Å²) in [6.45, 7) is 0. The Labute approximate surface area is 118 Å². The maximum atomic E-state index is 10.9. The summed E-state index contributed by atoms with van der Waals surface area (Å²) in [5, 5.41) is 18.0. The first-order valence-electron chi connectivity index (χ1n) is 5.46. The van der Waals surface area contributed by atoms with Crippen molar-refractivity contribution in [2.45, 2.75) is 10.2 Å². The summed E-state index contributed by atoms with van der Waals surface area (Å²) < 4.78 is 0. The van der Waals surface area contributed by atoms with E-state index in [4.69, 9.17) is 0 Å². The van der Waals surface area contributed by atoms with Crippen molar-refractivity contribution in [1.82, 2.24) is 25.1 Å². The molecule has 2 heterocycles. The fourth-order valence-electron chi connectivity index (χ4n) is 1.20. The van der Waals surface area contributed by atoms with Crippen molar-refractivity contribution in [2.24, 2.45) is 4.99 Å². The van der Waals surface area contributed by atoms with E-state index in [0.717, 1.165) is 11.8 Å². The first-order valence-corrected chi connectivity index (χ1v) is 6.28. The Balaban J connectivity index is 2.17. The van der Waals surface area contributed by atoms with Crippen molar-refractivity contribution in [3.8, 4) is 0 Å². The number of hydrogen-bond donors (Lipinski definition) is 1. The van der Waals surface area contributed by atoms with E-state index in [1.54, 1.807) is 11.2 Å². The van der Waals surface area contributed by atoms with Gasteiger partial charge < -0.3 is 4.90 Å². The number of aromatic amines is 1. The van der Waals surface area contributed by atoms with Gasteiger partial charge in [0.05, 0.1) is 11.3 Å². The zero-order valence-electron chi connectivity index (χ0n) is 10.7. The summed E-state index contributed by atoms with van der Waals surface area (Å²) in [5.74, 6) is 0.319. The van der Waals surface area contributed by atoms with Crippen molar-refractivity contribution < 1.29 is 4.92 Å². The molecule has 0 saturated heterocycles. The normalized spacial score (nSPS) is 10.9. The fourth-order valence-corrected chi connectivity index (χ4v) is 1.96. The van der Waals surface area contributed by atoms with Crippen LogP contribution < -0.4 is 0 Å². The van der Waals surface area contributed by atoms with Crippen molar-refractivity contribution in [3.63, 3.8) is 0 Å². The first-order chi connectivity index (χ1) is 9.56. The van der Waals surface area contributed by atoms with Crippen molar-refractivity contribution in [2.75, 3.05) is 14.1 Å². The van der Waals surface area contributed by atoms with E-state index < -0.39 is 4.92 Å². The van der Waals surface area contributed by atoms with E-state index in [9.17, 15) is 10.1 Å². The summed E-state index contributed by atoms with van der Waals surface area (Å²) in [4.78, 5) is 24.2. The molecule has 0 aromatic carbocycles. The molecule has 20 heavy (non-hydrogen) atoms. The van der Waals surface area contributed by atoms with Gasteiger partial charge in [-0.15, -0.1) is 5.10 Å². The van der Waals surface area contributed by atoms with Crippen LogP contribution in [0.1, 0.15) is 0 Å². The number of nitrogens with zero attached hydrogens (tertiary/aromatic N) is 6. The van der Waals surface area contributed by atoms with Crippen LogP contribution in [0.2, 0.25) is 0 Å². The number of aromatic nitrogens is 4. The molecule has 0 aliphatic heterocycles. The molecule has 1 N–H and O–H groups in total. The highest BCUT2D eigenvalue weighted by atomic mass is 32.2. The van der Waals surface area contributed by atoms with Gasteiger partial charge in [0, 0.05) is 26.4 Å². The average Bonchev–Trinajstić information content (AvgIpc) is 2.84. The van der Waals surface area contributed by atoms with Crippen LogP contribution in [0.3, 0.4) is 0 Å². The molecule has 0 fully saturated rings. The standard InChI is InChI=1S/C10H11N7O2S/c1-16(2)6-12-9-13-10(15-14-9)20-8-7(17(18)19)4-3-5-11-8/h3-6H,1-2H3,(H,13,14,15). The minimum Gasteiger partial charge on any atom is -0.369 e. The van der Waals surface area contributed by atoms with Crippen LogP contribution in [0.15, 0.2) is 33.5 Å². The summed E-state index contributed by atoms with van der Waals surface area (Å²) >= 11 is 1.00. The van der Waals surface area contributed by atoms with E-state index in [-0.39, 0.29) is 10.7 Å². The maximum Gasteiger partial charge on any atom is 0.301 e. The Hall–Kier alpha value is -2.49. The molecule has 0 saturated carbocycles. The van der Waals surface area contributed by atoms with Crippen LogP contribution in [0.25, 0.3) is 0 Å². The van der Waals surface area contributed by atoms with E-state index in [2.05, 4.69) is 25.2 Å². The van der Waals surface area contributed by atoms with Gasteiger partial charge >= 0.3 is 5.69 Å². The van der Waals surface area contributed by atoms with Gasteiger partial charge in [0.1, 0.15) is 0 Å². The summed E-state index contributed by atoms with van der Waals surface area (Å²) in [7, 11) is 3.65. The predicted octanol–water partition coefficient (Wildman–Crippen LogP) is 1.48. The molecule has 2 aromatic heterocycles. The maximum absolute atomic E-state index is 10.9. The Morgan fingerprint density at radius 2 is 2.35 bits per heavy atom. The molecule has 2 rings (SSSR count). The highest BCUT2D eigenvalue weighted by Crippen LogP contribution is 2.30. The first kappa shape index (κ1) is 13.9. The van der Waals surface area contributed by atoms with Crippen LogP contribution >= 0.6 is 11.8 Å². The number of hydrogen-bond acceptors (Lipinski definition) is 7. The number of aliphatic imine (C=N–C) groups is 1. The minimum atomic E-state index is -0.493. The van der Waals surface area contributed by atoms with Gasteiger partial charge in [-0.2, -0.15) is 4.98 Å². The second-order valence-corrected chi connectivity index (χ2v) is 4.79. The topological polar surface area (TPSA) is 113 Å². The van der Waals surface area contributed by atoms with Crippen molar-refractivity contribution >= 4 is 29.7 Å². The third kappa shape index (κ3) is 3.51. The van der Waals surface area contributed by atoms with Crippen LogP contribution in [-0.2, 0) is 0 Å². The molecule has 0 spiro atoms. The van der Waals surface area contributed by atoms with E-state index in [1.807, 2.05) is 14.1 Å². The quantitative estimate of drug-likeness (QED) is 0.384. The highest BCUT2D eigenvalue weighted by Gasteiger charge is 2.17. The van der Waals surface area contributed by atoms with Crippen molar-refractivity contribution in [1.29, 1.82) is 0 Å². The van der Waals surface area contributed by atoms with Gasteiger partial charge in [0.25, 0.3) is 0 Å². The molecular formula is C10H11N7O2S. The molecule has 9 nitrogen and oxygen atoms in total. The molecule has 10 heteroatoms. The fraction of sp³-hybridized carbons (Fsp3) is 0.200. The van der Waals surface area contributed by atoms with Gasteiger partial charge in [-0.1, -0.05) is 0 Å². The number of H-pyrrole nitrogens is 1. The lowest BCUT2D eigenvalue weighted by molar-refractivity contribution is -0.388. The van der Waals surface area contributed by atoms with Crippen LogP contribution in [0.4, 0.5) is 11.6 Å². The van der Waals surface area contributed by atoms with Crippen LogP contribution in [-0.4, -0.2) is 50.4 Å². The lowest BCUT2D eigenvalue weighted by Gasteiger charge is -1.99. The summed E-state index contributed by atoms with van der Waals surface area (Å²) in [5.41, 5.74) is -0.0827. The zero-order chi connectivity index (χ0) is 14.5. The van der Waals surface area contributed by atoms with Crippen molar-refractivity contribution in [3.05, 3.63) is 28.4 Å². The molecule has 104 valence electrons. The molecular weight excluding hydrogens is 282 g/mol. The lowest BCUT2D eigenvalue weighted by Crippen LogP contribution is -2.07. The van der Waals surface area contributed by atoms with Gasteiger partial charge in [-0.05, 0) is 17.8 Å². The molecule has 2 aromatic rings. The van der Waals surface area contributed by atoms with Gasteiger partial charge in [-0.25, -0.2) is 15.1 Å². The molecule has 0 unspecified atom stereocenters. The van der Waals surface area contributed by atoms with E-state index in [1.165, 1.54) is 18.3 Å². The largest absolute Gasteiger partial charge is 0.369 e. The zero-order valence-corrected chi connectivity index (χ0v) is 11.5. The molecule has 0 aliphatic rings. The summed E-state index contributed by atoms with van der Waals surface area (Å²) in [6, 6.07) is 2.89. The highest BCUT2D eigenvalue weighted by molar-refractivity contribution is 7.99. The van der Waals surface area contributed by atoms with E-state index in [0.29, 0.717) is 11.1 Å². The Morgan fingerprint density at radius 3 is 3.05 bits per heavy atom. The second-order valence-electron chi connectivity index (χ2n) is 3.84. The average molecular weight is 293 g/mol. The van der Waals surface area contributed by atoms with E-state index >= 15 is 0 Å².